The number of hydrogen-bond acceptors (Lipinski definition) is 3. The highest BCUT2D eigenvalue weighted by atomic mass is 79.9. The van der Waals surface area contributed by atoms with E-state index in [1.165, 1.54) is 0 Å². The van der Waals surface area contributed by atoms with Gasteiger partial charge in [0.05, 0.1) is 11.1 Å². The standard InChI is InChI=1S/C8HBr3O3/c9-3-1-2-4(6(11)5(3)10)8(13)14-7(2)12/h1H. The van der Waals surface area contributed by atoms with Gasteiger partial charge in [-0.2, -0.15) is 0 Å². The van der Waals surface area contributed by atoms with Crippen molar-refractivity contribution in [1.82, 2.24) is 0 Å². The quantitative estimate of drug-likeness (QED) is 0.391. The van der Waals surface area contributed by atoms with Crippen LogP contribution in [0.5, 0.6) is 0 Å². The summed E-state index contributed by atoms with van der Waals surface area (Å²) in [6.45, 7) is 0. The Kier molecular flexibility index (Phi) is 2.53. The van der Waals surface area contributed by atoms with Crippen LogP contribution in [0, 0.1) is 0 Å². The van der Waals surface area contributed by atoms with E-state index in [4.69, 9.17) is 0 Å². The van der Waals surface area contributed by atoms with Gasteiger partial charge in [-0.1, -0.05) is 0 Å². The molecule has 1 aliphatic heterocycles. The number of hydrogen-bond donors (Lipinski definition) is 0. The Bertz CT molecular complexity index is 467. The lowest BCUT2D eigenvalue weighted by Crippen LogP contribution is -1.97. The topological polar surface area (TPSA) is 43.4 Å². The van der Waals surface area contributed by atoms with Crippen LogP contribution in [0.1, 0.15) is 20.7 Å². The van der Waals surface area contributed by atoms with E-state index in [9.17, 15) is 9.59 Å². The van der Waals surface area contributed by atoms with Crippen molar-refractivity contribution in [2.45, 2.75) is 0 Å². The minimum Gasteiger partial charge on any atom is -0.386 e. The molecule has 0 aliphatic carbocycles. The van der Waals surface area contributed by atoms with Gasteiger partial charge in [-0.05, 0) is 53.9 Å². The largest absolute Gasteiger partial charge is 0.386 e. The number of cyclic esters (lactones) is 2. The highest BCUT2D eigenvalue weighted by Crippen LogP contribution is 2.38. The number of esters is 2. The third-order valence-electron chi connectivity index (χ3n) is 1.77. The van der Waals surface area contributed by atoms with Crippen LogP contribution in [0.25, 0.3) is 0 Å². The van der Waals surface area contributed by atoms with Crippen molar-refractivity contribution in [3.8, 4) is 0 Å². The maximum absolute atomic E-state index is 11.3. The van der Waals surface area contributed by atoms with Crippen LogP contribution in [-0.4, -0.2) is 11.9 Å². The van der Waals surface area contributed by atoms with Crippen molar-refractivity contribution in [1.29, 1.82) is 0 Å². The molecular formula is C8HBr3O3. The second-order valence-electron chi connectivity index (χ2n) is 2.59. The highest BCUT2D eigenvalue weighted by molar-refractivity contribution is 9.14. The first-order chi connectivity index (χ1) is 6.52. The van der Waals surface area contributed by atoms with Gasteiger partial charge in [-0.15, -0.1) is 0 Å². The number of benzene rings is 1. The van der Waals surface area contributed by atoms with Crippen molar-refractivity contribution in [2.24, 2.45) is 0 Å². The second kappa shape index (κ2) is 3.43. The zero-order valence-corrected chi connectivity index (χ0v) is 11.2. The first kappa shape index (κ1) is 10.3. The molecule has 1 heterocycles. The number of halogens is 3. The molecule has 0 aromatic heterocycles. The minimum absolute atomic E-state index is 0.269. The van der Waals surface area contributed by atoms with Crippen LogP contribution < -0.4 is 0 Å². The second-order valence-corrected chi connectivity index (χ2v) is 5.03. The highest BCUT2D eigenvalue weighted by Gasteiger charge is 2.33. The predicted octanol–water partition coefficient (Wildman–Crippen LogP) is 3.28. The fourth-order valence-electron chi connectivity index (χ4n) is 1.15. The summed E-state index contributed by atoms with van der Waals surface area (Å²) in [4.78, 5) is 22.4. The van der Waals surface area contributed by atoms with Gasteiger partial charge in [-0.3, -0.25) is 0 Å². The van der Waals surface area contributed by atoms with Crippen LogP contribution in [0.15, 0.2) is 19.5 Å². The molecule has 3 nitrogen and oxygen atoms in total. The zero-order valence-electron chi connectivity index (χ0n) is 6.44. The van der Waals surface area contributed by atoms with Crippen molar-refractivity contribution in [3.05, 3.63) is 30.6 Å². The molecule has 0 N–H and O–H groups in total. The van der Waals surface area contributed by atoms with Gasteiger partial charge in [0.1, 0.15) is 0 Å². The third kappa shape index (κ3) is 1.36. The molecule has 0 amide bonds. The monoisotopic (exact) mass is 382 g/mol. The number of rotatable bonds is 0. The Hall–Kier alpha value is -0.200. The fourth-order valence-corrected chi connectivity index (χ4v) is 2.74. The molecule has 0 fully saturated rings. The average Bonchev–Trinajstić information content (AvgIpc) is 2.38. The normalized spacial score (nSPS) is 14.2. The van der Waals surface area contributed by atoms with Crippen molar-refractivity contribution in [2.75, 3.05) is 0 Å². The molecule has 14 heavy (non-hydrogen) atoms. The summed E-state index contributed by atoms with van der Waals surface area (Å²) in [5.74, 6) is -1.23. The molecule has 0 atom stereocenters. The molecular weight excluding hydrogens is 384 g/mol. The van der Waals surface area contributed by atoms with E-state index in [-0.39, 0.29) is 11.1 Å². The summed E-state index contributed by atoms with van der Waals surface area (Å²) in [6.07, 6.45) is 0. The van der Waals surface area contributed by atoms with E-state index in [2.05, 4.69) is 52.5 Å². The smallest absolute Gasteiger partial charge is 0.348 e. The van der Waals surface area contributed by atoms with Gasteiger partial charge in [0.2, 0.25) is 0 Å². The lowest BCUT2D eigenvalue weighted by molar-refractivity contribution is 0.0443. The number of fused-ring (bicyclic) bond motifs is 1. The van der Waals surface area contributed by atoms with Crippen LogP contribution >= 0.6 is 47.8 Å². The molecule has 0 bridgehead atoms. The Morgan fingerprint density at radius 1 is 1.00 bits per heavy atom. The summed E-state index contributed by atoms with van der Waals surface area (Å²) >= 11 is 9.74. The molecule has 1 aromatic rings. The third-order valence-corrected chi connectivity index (χ3v) is 5.08. The van der Waals surface area contributed by atoms with Gasteiger partial charge < -0.3 is 4.74 Å². The van der Waals surface area contributed by atoms with E-state index >= 15 is 0 Å². The molecule has 1 aromatic carbocycles. The van der Waals surface area contributed by atoms with E-state index in [0.29, 0.717) is 13.4 Å². The van der Waals surface area contributed by atoms with E-state index in [0.717, 1.165) is 0 Å². The van der Waals surface area contributed by atoms with Crippen molar-refractivity contribution < 1.29 is 14.3 Å². The van der Waals surface area contributed by atoms with Crippen LogP contribution in [0.3, 0.4) is 0 Å². The molecule has 6 heteroatoms. The first-order valence-electron chi connectivity index (χ1n) is 3.46. The predicted molar refractivity (Wildman–Crippen MR) is 59.3 cm³/mol. The first-order valence-corrected chi connectivity index (χ1v) is 5.84. The van der Waals surface area contributed by atoms with Crippen LogP contribution in [0.2, 0.25) is 0 Å². The van der Waals surface area contributed by atoms with Gasteiger partial charge in [0, 0.05) is 13.4 Å². The molecule has 0 unspecified atom stereocenters. The summed E-state index contributed by atoms with van der Waals surface area (Å²) in [6, 6.07) is 1.55. The summed E-state index contributed by atoms with van der Waals surface area (Å²) in [5.41, 5.74) is 0.544. The molecule has 2 rings (SSSR count). The maximum Gasteiger partial charge on any atom is 0.348 e. The van der Waals surface area contributed by atoms with Crippen molar-refractivity contribution >= 4 is 59.7 Å². The lowest BCUT2D eigenvalue weighted by Gasteiger charge is -2.02. The number of carbonyl (C=O) groups is 2. The Morgan fingerprint density at radius 2 is 1.64 bits per heavy atom. The summed E-state index contributed by atoms with van der Waals surface area (Å²) in [7, 11) is 0. The molecule has 0 spiro atoms. The van der Waals surface area contributed by atoms with Crippen LogP contribution in [0.4, 0.5) is 0 Å². The van der Waals surface area contributed by atoms with Crippen LogP contribution in [-0.2, 0) is 4.74 Å². The molecule has 0 radical (unpaired) electrons. The van der Waals surface area contributed by atoms with Crippen molar-refractivity contribution in [3.63, 3.8) is 0 Å². The Labute approximate surface area is 104 Å². The SMILES string of the molecule is O=C1OC(=O)c2c1cc(Br)c(Br)c2Br. The zero-order chi connectivity index (χ0) is 10.5. The molecule has 72 valence electrons. The summed E-state index contributed by atoms with van der Waals surface area (Å²) in [5, 5.41) is 0. The minimum atomic E-state index is -0.620. The molecule has 1 aliphatic rings. The van der Waals surface area contributed by atoms with E-state index < -0.39 is 11.9 Å². The Morgan fingerprint density at radius 3 is 2.29 bits per heavy atom. The molecule has 0 saturated carbocycles. The number of carbonyl (C=O) groups excluding carboxylic acids is 2. The van der Waals surface area contributed by atoms with Gasteiger partial charge >= 0.3 is 11.9 Å². The molecule has 0 saturated heterocycles. The van der Waals surface area contributed by atoms with Gasteiger partial charge in [-0.25, -0.2) is 9.59 Å². The van der Waals surface area contributed by atoms with E-state index in [1.807, 2.05) is 0 Å². The summed E-state index contributed by atoms with van der Waals surface area (Å²) < 4.78 is 6.37. The van der Waals surface area contributed by atoms with E-state index in [1.54, 1.807) is 6.07 Å². The van der Waals surface area contributed by atoms with Gasteiger partial charge in [0.15, 0.2) is 0 Å². The number of ether oxygens (including phenoxy) is 1. The van der Waals surface area contributed by atoms with Gasteiger partial charge in [0.25, 0.3) is 0 Å². The maximum atomic E-state index is 11.3. The Balaban J connectivity index is 2.82. The average molecular weight is 385 g/mol. The lowest BCUT2D eigenvalue weighted by atomic mass is 10.1. The fraction of sp³-hybridized carbons (Fsp3) is 0.